The number of fused-ring (bicyclic) bond motifs is 7. The number of hydrogen-bond acceptors (Lipinski definition) is 3. The molecule has 0 aliphatic heterocycles. The van der Waals surface area contributed by atoms with Gasteiger partial charge in [0.15, 0.2) is 0 Å². The summed E-state index contributed by atoms with van der Waals surface area (Å²) >= 11 is 3.76. The second-order valence-electron chi connectivity index (χ2n) is 14.5. The summed E-state index contributed by atoms with van der Waals surface area (Å²) in [5.41, 5.74) is 11.0. The van der Waals surface area contributed by atoms with E-state index in [9.17, 15) is 0 Å². The van der Waals surface area contributed by atoms with Gasteiger partial charge in [0.1, 0.15) is 0 Å². The average Bonchev–Trinajstić information content (AvgIpc) is 3.84. The second-order valence-corrected chi connectivity index (χ2v) is 16.6. The molecular weight excluding hydrogens is 715 g/mol. The lowest BCUT2D eigenvalue weighted by Gasteiger charge is -2.27. The van der Waals surface area contributed by atoms with E-state index < -0.39 is 0 Å². The van der Waals surface area contributed by atoms with Crippen molar-refractivity contribution >= 4 is 85.2 Å². The summed E-state index contributed by atoms with van der Waals surface area (Å²) in [6, 6.07) is 73.7. The van der Waals surface area contributed by atoms with Crippen molar-refractivity contribution in [1.82, 2.24) is 0 Å². The zero-order valence-electron chi connectivity index (χ0n) is 30.5. The Morgan fingerprint density at radius 3 is 1.82 bits per heavy atom. The molecular formula is C53H35NS2. The van der Waals surface area contributed by atoms with E-state index in [4.69, 9.17) is 0 Å². The molecule has 0 saturated carbocycles. The summed E-state index contributed by atoms with van der Waals surface area (Å²) in [5.74, 6) is 0. The molecule has 264 valence electrons. The molecule has 9 aromatic carbocycles. The number of rotatable bonds is 7. The molecule has 2 aromatic heterocycles. The van der Waals surface area contributed by atoms with Crippen molar-refractivity contribution in [2.45, 2.75) is 6.54 Å². The summed E-state index contributed by atoms with van der Waals surface area (Å²) in [4.78, 5) is 2.48. The molecule has 0 amide bonds. The van der Waals surface area contributed by atoms with Crippen LogP contribution >= 0.6 is 22.7 Å². The predicted octanol–water partition coefficient (Wildman–Crippen LogP) is 15.9. The molecule has 11 rings (SSSR count). The van der Waals surface area contributed by atoms with Crippen LogP contribution in [0.4, 0.5) is 11.4 Å². The maximum Gasteiger partial charge on any atom is 0.0487 e. The van der Waals surface area contributed by atoms with Gasteiger partial charge in [-0.3, -0.25) is 0 Å². The third kappa shape index (κ3) is 5.76. The highest BCUT2D eigenvalue weighted by Gasteiger charge is 2.18. The molecule has 0 spiro atoms. The van der Waals surface area contributed by atoms with Crippen LogP contribution in [0.15, 0.2) is 200 Å². The van der Waals surface area contributed by atoms with E-state index >= 15 is 0 Å². The predicted molar refractivity (Wildman–Crippen MR) is 245 cm³/mol. The van der Waals surface area contributed by atoms with Crippen molar-refractivity contribution in [3.8, 4) is 33.4 Å². The molecule has 0 aliphatic carbocycles. The first kappa shape index (κ1) is 32.9. The first-order valence-corrected chi connectivity index (χ1v) is 20.7. The van der Waals surface area contributed by atoms with Crippen molar-refractivity contribution in [3.63, 3.8) is 0 Å². The largest absolute Gasteiger partial charge is 0.337 e. The van der Waals surface area contributed by atoms with E-state index in [-0.39, 0.29) is 0 Å². The lowest BCUT2D eigenvalue weighted by Crippen LogP contribution is -2.17. The average molecular weight is 750 g/mol. The Hall–Kier alpha value is -6.52. The van der Waals surface area contributed by atoms with E-state index in [1.165, 1.54) is 90.1 Å². The van der Waals surface area contributed by atoms with Crippen molar-refractivity contribution in [1.29, 1.82) is 0 Å². The summed E-state index contributed by atoms with van der Waals surface area (Å²) in [5, 5.41) is 7.81. The van der Waals surface area contributed by atoms with E-state index in [0.29, 0.717) is 6.54 Å². The first-order valence-electron chi connectivity index (χ1n) is 19.1. The van der Waals surface area contributed by atoms with Gasteiger partial charge in [0.2, 0.25) is 0 Å². The zero-order valence-corrected chi connectivity index (χ0v) is 32.2. The highest BCUT2D eigenvalue weighted by atomic mass is 32.1. The summed E-state index contributed by atoms with van der Waals surface area (Å²) < 4.78 is 5.31. The van der Waals surface area contributed by atoms with Gasteiger partial charge in [0.05, 0.1) is 0 Å². The minimum atomic E-state index is 0.714. The van der Waals surface area contributed by atoms with Gasteiger partial charge in [-0.1, -0.05) is 152 Å². The molecule has 0 bridgehead atoms. The molecule has 3 heteroatoms. The quantitative estimate of drug-likeness (QED) is 0.157. The van der Waals surface area contributed by atoms with E-state index in [1.807, 2.05) is 22.7 Å². The number of thiophene rings is 2. The minimum Gasteiger partial charge on any atom is -0.337 e. The van der Waals surface area contributed by atoms with Gasteiger partial charge >= 0.3 is 0 Å². The summed E-state index contributed by atoms with van der Waals surface area (Å²) in [7, 11) is 0. The highest BCUT2D eigenvalue weighted by Crippen LogP contribution is 2.42. The molecule has 0 aliphatic rings. The number of anilines is 2. The molecule has 0 fully saturated rings. The van der Waals surface area contributed by atoms with Crippen LogP contribution in [0.1, 0.15) is 5.56 Å². The molecule has 0 saturated heterocycles. The molecule has 1 nitrogen and oxygen atoms in total. The molecule has 0 unspecified atom stereocenters. The molecule has 2 heterocycles. The maximum absolute atomic E-state index is 2.48. The normalized spacial score (nSPS) is 11.6. The van der Waals surface area contributed by atoms with Gasteiger partial charge in [-0.25, -0.2) is 0 Å². The van der Waals surface area contributed by atoms with Crippen LogP contribution in [-0.4, -0.2) is 0 Å². The molecule has 0 atom stereocenters. The SMILES string of the molecule is c1cc(-c2ccc3c(c2)sc2ccccc23)cc(N(Cc2ccccc2-c2cccc3c2sc2ccccc23)c2ccc(-c3ccc4ccccc4c3)cc2)c1. The van der Waals surface area contributed by atoms with Gasteiger partial charge in [0.25, 0.3) is 0 Å². The maximum atomic E-state index is 2.48. The van der Waals surface area contributed by atoms with Crippen molar-refractivity contribution in [2.75, 3.05) is 4.90 Å². The van der Waals surface area contributed by atoms with Crippen molar-refractivity contribution in [2.24, 2.45) is 0 Å². The van der Waals surface area contributed by atoms with Gasteiger partial charge in [-0.15, -0.1) is 22.7 Å². The smallest absolute Gasteiger partial charge is 0.0487 e. The Labute approximate surface area is 334 Å². The summed E-state index contributed by atoms with van der Waals surface area (Å²) in [6.07, 6.45) is 0. The zero-order chi connectivity index (χ0) is 37.0. The molecule has 0 radical (unpaired) electrons. The van der Waals surface area contributed by atoms with Crippen LogP contribution in [0.3, 0.4) is 0 Å². The van der Waals surface area contributed by atoms with Gasteiger partial charge in [0, 0.05) is 58.3 Å². The van der Waals surface area contributed by atoms with Crippen molar-refractivity contribution < 1.29 is 0 Å². The van der Waals surface area contributed by atoms with Gasteiger partial charge < -0.3 is 4.90 Å². The number of hydrogen-bond donors (Lipinski definition) is 0. The first-order chi connectivity index (χ1) is 27.7. The van der Waals surface area contributed by atoms with Crippen LogP contribution in [0.2, 0.25) is 0 Å². The monoisotopic (exact) mass is 749 g/mol. The Morgan fingerprint density at radius 1 is 0.339 bits per heavy atom. The van der Waals surface area contributed by atoms with Crippen LogP contribution in [-0.2, 0) is 6.54 Å². The summed E-state index contributed by atoms with van der Waals surface area (Å²) in [6.45, 7) is 0.714. The van der Waals surface area contributed by atoms with E-state index in [1.54, 1.807) is 0 Å². The fourth-order valence-corrected chi connectivity index (χ4v) is 10.7. The molecule has 11 aromatic rings. The topological polar surface area (TPSA) is 3.24 Å². The standard InChI is InChI=1S/C53H35NS2/c1-2-12-37-31-39(24-23-35(37)11-1)36-25-28-42(29-26-36)54(43-15-9-14-38(32-43)40-27-30-47-45-17-5-7-21-50(45)55-52(47)33-40)34-41-13-3-4-16-44(41)48-19-10-20-49-46-18-6-8-22-51(46)56-53(48)49/h1-33H,34H2. The molecule has 56 heavy (non-hydrogen) atoms. The van der Waals surface area contributed by atoms with Crippen LogP contribution in [0.5, 0.6) is 0 Å². The third-order valence-corrected chi connectivity index (χ3v) is 13.5. The lowest BCUT2D eigenvalue weighted by molar-refractivity contribution is 0.978. The second kappa shape index (κ2) is 13.6. The van der Waals surface area contributed by atoms with Gasteiger partial charge in [-0.05, 0) is 98.2 Å². The number of benzene rings is 9. The van der Waals surface area contributed by atoms with Crippen LogP contribution < -0.4 is 4.90 Å². The highest BCUT2D eigenvalue weighted by molar-refractivity contribution is 7.26. The Kier molecular flexibility index (Phi) is 8.01. The third-order valence-electron chi connectivity index (χ3n) is 11.2. The fraction of sp³-hybridized carbons (Fsp3) is 0.0189. The number of nitrogens with zero attached hydrogens (tertiary/aromatic N) is 1. The Morgan fingerprint density at radius 2 is 0.946 bits per heavy atom. The van der Waals surface area contributed by atoms with Crippen LogP contribution in [0.25, 0.3) is 84.5 Å². The van der Waals surface area contributed by atoms with E-state index in [0.717, 1.165) is 11.4 Å². The Bertz CT molecular complexity index is 3240. The minimum absolute atomic E-state index is 0.714. The molecule has 0 N–H and O–H groups in total. The Balaban J connectivity index is 1.02. The van der Waals surface area contributed by atoms with Crippen molar-refractivity contribution in [3.05, 3.63) is 206 Å². The van der Waals surface area contributed by atoms with E-state index in [2.05, 4.69) is 205 Å². The van der Waals surface area contributed by atoms with Gasteiger partial charge in [-0.2, -0.15) is 0 Å². The van der Waals surface area contributed by atoms with Crippen LogP contribution in [0, 0.1) is 0 Å². The fourth-order valence-electron chi connectivity index (χ4n) is 8.34. The lowest BCUT2D eigenvalue weighted by atomic mass is 9.97.